The molecule has 1 aliphatic rings. The van der Waals surface area contributed by atoms with Gasteiger partial charge < -0.3 is 5.11 Å². The summed E-state index contributed by atoms with van der Waals surface area (Å²) in [6.07, 6.45) is 5.00. The number of ketones is 1. The van der Waals surface area contributed by atoms with Crippen LogP contribution in [0.1, 0.15) is 6.92 Å². The van der Waals surface area contributed by atoms with E-state index < -0.39 is 0 Å². The van der Waals surface area contributed by atoms with Crippen molar-refractivity contribution in [1.82, 2.24) is 0 Å². The summed E-state index contributed by atoms with van der Waals surface area (Å²) in [7, 11) is 0. The number of aliphatic hydroxyl groups excluding tert-OH is 1. The fourth-order valence-electron chi connectivity index (χ4n) is 1.10. The Bertz CT molecular complexity index is 201. The predicted octanol–water partition coefficient (Wildman–Crippen LogP) is 0.680. The third kappa shape index (κ3) is 1.02. The number of rotatable bonds is 1. The third-order valence-corrected chi connectivity index (χ3v) is 1.67. The second kappa shape index (κ2) is 2.80. The lowest BCUT2D eigenvalue weighted by Crippen LogP contribution is -2.06. The lowest BCUT2D eigenvalue weighted by molar-refractivity contribution is -0.111. The number of carbonyl (C=O) groups is 1. The summed E-state index contributed by atoms with van der Waals surface area (Å²) in [5.74, 6) is -0.0287. The molecule has 0 spiro atoms. The molecule has 1 rings (SSSR count). The molecule has 0 radical (unpaired) electrons. The van der Waals surface area contributed by atoms with Gasteiger partial charge in [-0.05, 0) is 13.0 Å². The van der Waals surface area contributed by atoms with Crippen molar-refractivity contribution >= 4 is 5.78 Å². The van der Waals surface area contributed by atoms with Crippen molar-refractivity contribution in [2.45, 2.75) is 6.92 Å². The van der Waals surface area contributed by atoms with Crippen LogP contribution in [0.3, 0.4) is 0 Å². The van der Waals surface area contributed by atoms with E-state index in [4.69, 9.17) is 5.11 Å². The molecule has 0 amide bonds. The van der Waals surface area contributed by atoms with Crippen LogP contribution < -0.4 is 0 Å². The monoisotopic (exact) mass is 138 g/mol. The average molecular weight is 138 g/mol. The molecule has 0 saturated heterocycles. The van der Waals surface area contributed by atoms with Gasteiger partial charge in [0.1, 0.15) is 0 Å². The largest absolute Gasteiger partial charge is 0.395 e. The minimum atomic E-state index is -0.0579. The van der Waals surface area contributed by atoms with Crippen molar-refractivity contribution < 1.29 is 9.90 Å². The zero-order valence-corrected chi connectivity index (χ0v) is 5.87. The SMILES string of the molecule is C/C=C1/C(=O)C=C[C@@H]1CO. The van der Waals surface area contributed by atoms with Crippen molar-refractivity contribution in [3.63, 3.8) is 0 Å². The van der Waals surface area contributed by atoms with Gasteiger partial charge >= 0.3 is 0 Å². The van der Waals surface area contributed by atoms with Crippen molar-refractivity contribution in [2.75, 3.05) is 6.61 Å². The van der Waals surface area contributed by atoms with Crippen LogP contribution in [0.4, 0.5) is 0 Å². The molecule has 0 aromatic rings. The second-order valence-electron chi connectivity index (χ2n) is 2.26. The van der Waals surface area contributed by atoms with E-state index in [0.717, 1.165) is 0 Å². The maximum Gasteiger partial charge on any atom is 0.181 e. The highest BCUT2D eigenvalue weighted by atomic mass is 16.3. The van der Waals surface area contributed by atoms with Crippen molar-refractivity contribution in [3.8, 4) is 0 Å². The van der Waals surface area contributed by atoms with Crippen LogP contribution >= 0.6 is 0 Å². The molecule has 1 atom stereocenters. The van der Waals surface area contributed by atoms with Crippen LogP contribution in [0.15, 0.2) is 23.8 Å². The molecule has 1 aliphatic carbocycles. The predicted molar refractivity (Wildman–Crippen MR) is 38.5 cm³/mol. The van der Waals surface area contributed by atoms with Crippen LogP contribution in [-0.4, -0.2) is 17.5 Å². The molecule has 1 N–H and O–H groups in total. The summed E-state index contributed by atoms with van der Waals surface area (Å²) < 4.78 is 0. The normalized spacial score (nSPS) is 28.4. The van der Waals surface area contributed by atoms with Gasteiger partial charge in [-0.1, -0.05) is 12.2 Å². The maximum atomic E-state index is 10.9. The molecule has 0 aromatic carbocycles. The summed E-state index contributed by atoms with van der Waals surface area (Å²) >= 11 is 0. The fourth-order valence-corrected chi connectivity index (χ4v) is 1.10. The molecular weight excluding hydrogens is 128 g/mol. The van der Waals surface area contributed by atoms with E-state index in [0.29, 0.717) is 5.57 Å². The van der Waals surface area contributed by atoms with E-state index in [2.05, 4.69) is 0 Å². The molecule has 0 unspecified atom stereocenters. The second-order valence-corrected chi connectivity index (χ2v) is 2.26. The standard InChI is InChI=1S/C8H10O2/c1-2-7-6(5-9)3-4-8(7)10/h2-4,6,9H,5H2,1H3/b7-2+/t6-/m1/s1. The van der Waals surface area contributed by atoms with Crippen molar-refractivity contribution in [3.05, 3.63) is 23.8 Å². The summed E-state index contributed by atoms with van der Waals surface area (Å²) in [6.45, 7) is 1.84. The lowest BCUT2D eigenvalue weighted by atomic mass is 10.0. The molecule has 0 heterocycles. The van der Waals surface area contributed by atoms with E-state index >= 15 is 0 Å². The average Bonchev–Trinajstić information content (AvgIpc) is 2.30. The first-order valence-corrected chi connectivity index (χ1v) is 3.29. The van der Waals surface area contributed by atoms with Crippen molar-refractivity contribution in [1.29, 1.82) is 0 Å². The van der Waals surface area contributed by atoms with Crippen LogP contribution in [0.2, 0.25) is 0 Å². The first-order chi connectivity index (χ1) is 4.79. The summed E-state index contributed by atoms with van der Waals surface area (Å²) in [5.41, 5.74) is 0.711. The fraction of sp³-hybridized carbons (Fsp3) is 0.375. The Morgan fingerprint density at radius 3 is 2.90 bits per heavy atom. The molecule has 0 fully saturated rings. The van der Waals surface area contributed by atoms with E-state index in [9.17, 15) is 4.79 Å². The van der Waals surface area contributed by atoms with Gasteiger partial charge in [0.2, 0.25) is 0 Å². The zero-order valence-electron chi connectivity index (χ0n) is 5.87. The van der Waals surface area contributed by atoms with Gasteiger partial charge in [0.25, 0.3) is 0 Å². The minimum Gasteiger partial charge on any atom is -0.395 e. The number of carbonyl (C=O) groups excluding carboxylic acids is 1. The van der Waals surface area contributed by atoms with Crippen LogP contribution in [0.5, 0.6) is 0 Å². The Labute approximate surface area is 59.9 Å². The number of hydrogen-bond donors (Lipinski definition) is 1. The highest BCUT2D eigenvalue weighted by molar-refractivity contribution is 6.07. The van der Waals surface area contributed by atoms with E-state index in [1.807, 2.05) is 6.92 Å². The minimum absolute atomic E-state index is 0.0292. The lowest BCUT2D eigenvalue weighted by Gasteiger charge is -2.03. The Balaban J connectivity index is 2.82. The number of hydrogen-bond acceptors (Lipinski definition) is 2. The molecule has 0 saturated carbocycles. The van der Waals surface area contributed by atoms with Gasteiger partial charge in [-0.2, -0.15) is 0 Å². The summed E-state index contributed by atoms with van der Waals surface area (Å²) in [4.78, 5) is 10.9. The zero-order chi connectivity index (χ0) is 7.56. The summed E-state index contributed by atoms with van der Waals surface area (Å²) in [6, 6.07) is 0. The molecular formula is C8H10O2. The third-order valence-electron chi connectivity index (χ3n) is 1.67. The van der Waals surface area contributed by atoms with E-state index in [1.54, 1.807) is 12.2 Å². The number of allylic oxidation sites excluding steroid dienone is 2. The Kier molecular flexibility index (Phi) is 2.02. The first kappa shape index (κ1) is 7.22. The van der Waals surface area contributed by atoms with Crippen LogP contribution in [0.25, 0.3) is 0 Å². The quantitative estimate of drug-likeness (QED) is 0.541. The number of aliphatic hydroxyl groups is 1. The molecule has 0 aromatic heterocycles. The topological polar surface area (TPSA) is 37.3 Å². The van der Waals surface area contributed by atoms with Crippen molar-refractivity contribution in [2.24, 2.45) is 5.92 Å². The first-order valence-electron chi connectivity index (χ1n) is 3.29. The van der Waals surface area contributed by atoms with Gasteiger partial charge in [0.15, 0.2) is 5.78 Å². The molecule has 2 nitrogen and oxygen atoms in total. The van der Waals surface area contributed by atoms with Gasteiger partial charge in [0.05, 0.1) is 6.61 Å². The smallest absolute Gasteiger partial charge is 0.181 e. The summed E-state index contributed by atoms with van der Waals surface area (Å²) in [5, 5.41) is 8.74. The van der Waals surface area contributed by atoms with Gasteiger partial charge in [-0.15, -0.1) is 0 Å². The highest BCUT2D eigenvalue weighted by Gasteiger charge is 2.20. The maximum absolute atomic E-state index is 10.9. The van der Waals surface area contributed by atoms with Gasteiger partial charge in [0, 0.05) is 11.5 Å². The Morgan fingerprint density at radius 2 is 2.50 bits per heavy atom. The molecule has 10 heavy (non-hydrogen) atoms. The van der Waals surface area contributed by atoms with Gasteiger partial charge in [-0.3, -0.25) is 4.79 Å². The van der Waals surface area contributed by atoms with E-state index in [1.165, 1.54) is 6.08 Å². The molecule has 0 aliphatic heterocycles. The van der Waals surface area contributed by atoms with Crippen LogP contribution in [0, 0.1) is 5.92 Å². The molecule has 2 heteroatoms. The van der Waals surface area contributed by atoms with E-state index in [-0.39, 0.29) is 18.3 Å². The molecule has 54 valence electrons. The van der Waals surface area contributed by atoms with Crippen LogP contribution in [-0.2, 0) is 4.79 Å². The highest BCUT2D eigenvalue weighted by Crippen LogP contribution is 2.19. The van der Waals surface area contributed by atoms with Gasteiger partial charge in [-0.25, -0.2) is 0 Å². The Morgan fingerprint density at radius 1 is 1.80 bits per heavy atom. The Hall–Kier alpha value is -0.890. The molecule has 0 bridgehead atoms.